The van der Waals surface area contributed by atoms with E-state index in [4.69, 9.17) is 4.74 Å². The summed E-state index contributed by atoms with van der Waals surface area (Å²) in [6, 6.07) is 20.2. The van der Waals surface area contributed by atoms with Gasteiger partial charge in [-0.25, -0.2) is 4.39 Å². The molecule has 0 N–H and O–H groups in total. The van der Waals surface area contributed by atoms with Crippen molar-refractivity contribution in [2.75, 3.05) is 13.3 Å². The van der Waals surface area contributed by atoms with Gasteiger partial charge in [-0.1, -0.05) is 42.5 Å². The van der Waals surface area contributed by atoms with E-state index in [1.54, 1.807) is 18.2 Å². The highest BCUT2D eigenvalue weighted by Gasteiger charge is 2.25. The molecular weight excluding hydrogens is 345 g/mol. The highest BCUT2D eigenvalue weighted by Crippen LogP contribution is 2.46. The smallest absolute Gasteiger partial charge is 0.270 e. The van der Waals surface area contributed by atoms with Gasteiger partial charge in [0.2, 0.25) is 0 Å². The Bertz CT molecular complexity index is 1060. The lowest BCUT2D eigenvalue weighted by Crippen LogP contribution is -2.00. The molecule has 1 aliphatic carbocycles. The Labute approximate surface area is 155 Å². The summed E-state index contributed by atoms with van der Waals surface area (Å²) in [6.45, 7) is -0.582. The lowest BCUT2D eigenvalue weighted by atomic mass is 10.0. The zero-order valence-electron chi connectivity index (χ0n) is 14.4. The van der Waals surface area contributed by atoms with Gasteiger partial charge in [-0.05, 0) is 46.0 Å². The fourth-order valence-electron chi connectivity index (χ4n) is 3.39. The number of nitro groups is 1. The van der Waals surface area contributed by atoms with Gasteiger partial charge >= 0.3 is 0 Å². The molecule has 0 aliphatic heterocycles. The number of halogens is 1. The number of nitro benzene ring substituents is 1. The Morgan fingerprint density at radius 1 is 0.926 bits per heavy atom. The quantitative estimate of drug-likeness (QED) is 0.348. The molecule has 3 aromatic carbocycles. The van der Waals surface area contributed by atoms with Gasteiger partial charge in [0.15, 0.2) is 0 Å². The summed E-state index contributed by atoms with van der Waals surface area (Å²) in [5, 5.41) is 11.2. The van der Waals surface area contributed by atoms with Crippen molar-refractivity contribution in [3.63, 3.8) is 0 Å². The summed E-state index contributed by atoms with van der Waals surface area (Å²) >= 11 is 0. The minimum absolute atomic E-state index is 0.0150. The highest BCUT2D eigenvalue weighted by atomic mass is 19.1. The van der Waals surface area contributed by atoms with Crippen molar-refractivity contribution in [3.8, 4) is 16.9 Å². The number of non-ortho nitro benzene ring substituents is 1. The zero-order chi connectivity index (χ0) is 18.8. The van der Waals surface area contributed by atoms with Gasteiger partial charge in [-0.3, -0.25) is 10.1 Å². The SMILES string of the molecule is O=[N+]([O-])c1ccc2c(c1)/C(=C/c1ccccc1OCCF)c1ccccc1-2. The first kappa shape index (κ1) is 17.0. The number of hydrogen-bond acceptors (Lipinski definition) is 3. The first-order valence-corrected chi connectivity index (χ1v) is 8.57. The van der Waals surface area contributed by atoms with Crippen molar-refractivity contribution in [1.29, 1.82) is 0 Å². The predicted octanol–water partition coefficient (Wildman–Crippen LogP) is 5.51. The van der Waals surface area contributed by atoms with E-state index in [2.05, 4.69) is 0 Å². The number of fused-ring (bicyclic) bond motifs is 3. The Kier molecular flexibility index (Phi) is 4.42. The second-order valence-corrected chi connectivity index (χ2v) is 6.17. The third-order valence-electron chi connectivity index (χ3n) is 4.57. The standard InChI is InChI=1S/C22H16FNO3/c23-11-12-27-22-8-4-1-5-15(22)13-20-18-7-3-2-6-17(18)19-10-9-16(24(25)26)14-21(19)20/h1-10,13-14H,11-12H2/b20-13+. The number of para-hydroxylation sites is 1. The van der Waals surface area contributed by atoms with Crippen LogP contribution in [0.2, 0.25) is 0 Å². The molecule has 0 heterocycles. The molecule has 0 aromatic heterocycles. The van der Waals surface area contributed by atoms with Crippen LogP contribution in [-0.4, -0.2) is 18.2 Å². The lowest BCUT2D eigenvalue weighted by Gasteiger charge is -2.09. The van der Waals surface area contributed by atoms with Crippen molar-refractivity contribution in [1.82, 2.24) is 0 Å². The van der Waals surface area contributed by atoms with Crippen molar-refractivity contribution in [2.45, 2.75) is 0 Å². The molecule has 0 amide bonds. The number of rotatable bonds is 5. The van der Waals surface area contributed by atoms with Crippen LogP contribution in [0.25, 0.3) is 22.8 Å². The first-order valence-electron chi connectivity index (χ1n) is 8.57. The number of hydrogen-bond donors (Lipinski definition) is 0. The van der Waals surface area contributed by atoms with E-state index in [0.29, 0.717) is 5.75 Å². The summed E-state index contributed by atoms with van der Waals surface area (Å²) in [7, 11) is 0. The van der Waals surface area contributed by atoms with Crippen LogP contribution in [0.3, 0.4) is 0 Å². The Morgan fingerprint density at radius 3 is 2.41 bits per heavy atom. The topological polar surface area (TPSA) is 52.4 Å². The van der Waals surface area contributed by atoms with Crippen molar-refractivity contribution in [2.24, 2.45) is 0 Å². The van der Waals surface area contributed by atoms with E-state index in [0.717, 1.165) is 33.4 Å². The molecule has 0 radical (unpaired) electrons. The Balaban J connectivity index is 1.90. The second kappa shape index (κ2) is 7.03. The number of benzene rings is 3. The predicted molar refractivity (Wildman–Crippen MR) is 103 cm³/mol. The maximum atomic E-state index is 12.5. The van der Waals surface area contributed by atoms with E-state index < -0.39 is 6.67 Å². The minimum atomic E-state index is -0.567. The summed E-state index contributed by atoms with van der Waals surface area (Å²) in [5.41, 5.74) is 5.56. The van der Waals surface area contributed by atoms with Gasteiger partial charge in [0.1, 0.15) is 19.0 Å². The third kappa shape index (κ3) is 3.08. The van der Waals surface area contributed by atoms with Crippen molar-refractivity contribution < 1.29 is 14.1 Å². The van der Waals surface area contributed by atoms with Crippen LogP contribution >= 0.6 is 0 Å². The molecule has 0 spiro atoms. The fraction of sp³-hybridized carbons (Fsp3) is 0.0909. The highest BCUT2D eigenvalue weighted by molar-refractivity contribution is 6.07. The van der Waals surface area contributed by atoms with Crippen LogP contribution in [0.15, 0.2) is 66.7 Å². The molecule has 0 unspecified atom stereocenters. The van der Waals surface area contributed by atoms with Gasteiger partial charge in [0, 0.05) is 17.7 Å². The molecule has 3 aromatic rings. The van der Waals surface area contributed by atoms with Crippen LogP contribution in [-0.2, 0) is 0 Å². The average molecular weight is 361 g/mol. The second-order valence-electron chi connectivity index (χ2n) is 6.17. The average Bonchev–Trinajstić information content (AvgIpc) is 3.00. The molecule has 134 valence electrons. The van der Waals surface area contributed by atoms with E-state index in [1.165, 1.54) is 6.07 Å². The van der Waals surface area contributed by atoms with Crippen LogP contribution in [0.1, 0.15) is 16.7 Å². The van der Waals surface area contributed by atoms with Crippen molar-refractivity contribution >= 4 is 17.3 Å². The molecule has 0 saturated carbocycles. The Hall–Kier alpha value is -3.47. The summed E-state index contributed by atoms with van der Waals surface area (Å²) in [4.78, 5) is 10.9. The van der Waals surface area contributed by atoms with Gasteiger partial charge in [-0.15, -0.1) is 0 Å². The van der Waals surface area contributed by atoms with Crippen LogP contribution in [0, 0.1) is 10.1 Å². The van der Waals surface area contributed by atoms with E-state index in [1.807, 2.05) is 48.5 Å². The molecule has 4 rings (SSSR count). The summed E-state index contributed by atoms with van der Waals surface area (Å²) in [5.74, 6) is 0.582. The number of alkyl halides is 1. The van der Waals surface area contributed by atoms with E-state index in [-0.39, 0.29) is 17.2 Å². The van der Waals surface area contributed by atoms with Crippen LogP contribution in [0.4, 0.5) is 10.1 Å². The maximum Gasteiger partial charge on any atom is 0.270 e. The van der Waals surface area contributed by atoms with Crippen LogP contribution < -0.4 is 4.74 Å². The third-order valence-corrected chi connectivity index (χ3v) is 4.57. The summed E-state index contributed by atoms with van der Waals surface area (Å²) < 4.78 is 18.0. The van der Waals surface area contributed by atoms with Crippen molar-refractivity contribution in [3.05, 3.63) is 93.5 Å². The monoisotopic (exact) mass is 361 g/mol. The van der Waals surface area contributed by atoms with Gasteiger partial charge in [0.05, 0.1) is 4.92 Å². The van der Waals surface area contributed by atoms with Gasteiger partial charge < -0.3 is 4.74 Å². The lowest BCUT2D eigenvalue weighted by molar-refractivity contribution is -0.384. The molecule has 1 aliphatic rings. The fourth-order valence-corrected chi connectivity index (χ4v) is 3.39. The first-order chi connectivity index (χ1) is 13.2. The molecule has 0 bridgehead atoms. The number of ether oxygens (including phenoxy) is 1. The molecule has 27 heavy (non-hydrogen) atoms. The zero-order valence-corrected chi connectivity index (χ0v) is 14.4. The van der Waals surface area contributed by atoms with Crippen LogP contribution in [0.5, 0.6) is 5.75 Å². The molecular formula is C22H16FNO3. The number of nitrogens with zero attached hydrogens (tertiary/aromatic N) is 1. The molecule has 0 fully saturated rings. The molecule has 0 saturated heterocycles. The minimum Gasteiger partial charge on any atom is -0.490 e. The maximum absolute atomic E-state index is 12.5. The largest absolute Gasteiger partial charge is 0.490 e. The summed E-state index contributed by atoms with van der Waals surface area (Å²) in [6.07, 6.45) is 1.95. The van der Waals surface area contributed by atoms with Gasteiger partial charge in [-0.2, -0.15) is 0 Å². The van der Waals surface area contributed by atoms with Gasteiger partial charge in [0.25, 0.3) is 5.69 Å². The molecule has 0 atom stereocenters. The normalized spacial score (nSPS) is 13.3. The van der Waals surface area contributed by atoms with E-state index in [9.17, 15) is 14.5 Å². The molecule has 5 heteroatoms. The molecule has 4 nitrogen and oxygen atoms in total. The Morgan fingerprint density at radius 2 is 1.63 bits per heavy atom. The van der Waals surface area contributed by atoms with E-state index >= 15 is 0 Å².